The van der Waals surface area contributed by atoms with Gasteiger partial charge < -0.3 is 10.3 Å². The zero-order valence-electron chi connectivity index (χ0n) is 13.3. The van der Waals surface area contributed by atoms with Gasteiger partial charge in [-0.25, -0.2) is 14.4 Å². The van der Waals surface area contributed by atoms with Gasteiger partial charge in [-0.15, -0.1) is 0 Å². The highest BCUT2D eigenvalue weighted by Gasteiger charge is 2.13. The number of aromatic amines is 1. The largest absolute Gasteiger partial charge is 0.351 e. The summed E-state index contributed by atoms with van der Waals surface area (Å²) in [6.07, 6.45) is 1.42. The summed E-state index contributed by atoms with van der Waals surface area (Å²) < 4.78 is 13.5. The van der Waals surface area contributed by atoms with Crippen LogP contribution in [0.3, 0.4) is 0 Å². The number of carbonyl (C=O) groups excluding carboxylic acids is 1. The zero-order chi connectivity index (χ0) is 18.1. The van der Waals surface area contributed by atoms with Crippen LogP contribution in [0.15, 0.2) is 53.8 Å². The van der Waals surface area contributed by atoms with E-state index >= 15 is 0 Å². The number of H-pyrrole nitrogens is 1. The number of fused-ring (bicyclic) bond motifs is 3. The molecule has 4 aromatic rings. The number of nitrogens with one attached hydrogen (secondary N) is 2. The monoisotopic (exact) mass is 386 g/mol. The standard InChI is InChI=1S/C18H12ClFN4OS/c19-10-1-4-12(5-2-10)23-15(25)8-26-18-17-16(21-9-22-18)13-7-11(20)3-6-14(13)24-17/h1-7,9,24H,8H2,(H,23,25). The number of amides is 1. The summed E-state index contributed by atoms with van der Waals surface area (Å²) in [5.74, 6) is -0.307. The van der Waals surface area contributed by atoms with Crippen LogP contribution in [0.5, 0.6) is 0 Å². The minimum atomic E-state index is -0.325. The molecule has 0 radical (unpaired) electrons. The van der Waals surface area contributed by atoms with Gasteiger partial charge in [0.1, 0.15) is 22.7 Å². The fourth-order valence-corrected chi connectivity index (χ4v) is 3.50. The van der Waals surface area contributed by atoms with Gasteiger partial charge in [0.15, 0.2) is 0 Å². The highest BCUT2D eigenvalue weighted by Crippen LogP contribution is 2.30. The van der Waals surface area contributed by atoms with E-state index in [0.717, 1.165) is 5.52 Å². The van der Waals surface area contributed by atoms with Crippen LogP contribution < -0.4 is 5.32 Å². The molecule has 2 N–H and O–H groups in total. The van der Waals surface area contributed by atoms with Crippen molar-refractivity contribution in [2.45, 2.75) is 5.03 Å². The number of rotatable bonds is 4. The van der Waals surface area contributed by atoms with E-state index in [2.05, 4.69) is 20.3 Å². The van der Waals surface area contributed by atoms with Crippen LogP contribution in [0.4, 0.5) is 10.1 Å². The summed E-state index contributed by atoms with van der Waals surface area (Å²) in [7, 11) is 0. The van der Waals surface area contributed by atoms with E-state index in [9.17, 15) is 9.18 Å². The zero-order valence-corrected chi connectivity index (χ0v) is 14.9. The van der Waals surface area contributed by atoms with E-state index in [4.69, 9.17) is 11.6 Å². The van der Waals surface area contributed by atoms with Crippen molar-refractivity contribution in [2.24, 2.45) is 0 Å². The first-order chi connectivity index (χ1) is 12.6. The van der Waals surface area contributed by atoms with Crippen LogP contribution in [0.25, 0.3) is 21.9 Å². The van der Waals surface area contributed by atoms with E-state index in [-0.39, 0.29) is 17.5 Å². The van der Waals surface area contributed by atoms with Crippen molar-refractivity contribution in [1.29, 1.82) is 0 Å². The average molecular weight is 387 g/mol. The van der Waals surface area contributed by atoms with Crippen molar-refractivity contribution in [1.82, 2.24) is 15.0 Å². The molecular formula is C18H12ClFN4OS. The van der Waals surface area contributed by atoms with Gasteiger partial charge in [-0.3, -0.25) is 4.79 Å². The minimum absolute atomic E-state index is 0.161. The van der Waals surface area contributed by atoms with E-state index < -0.39 is 0 Å². The number of hydrogen-bond acceptors (Lipinski definition) is 4. The summed E-state index contributed by atoms with van der Waals surface area (Å²) in [5.41, 5.74) is 2.77. The van der Waals surface area contributed by atoms with Crippen LogP contribution in [-0.2, 0) is 4.79 Å². The normalized spacial score (nSPS) is 11.2. The second-order valence-electron chi connectivity index (χ2n) is 5.56. The second-order valence-corrected chi connectivity index (χ2v) is 6.96. The van der Waals surface area contributed by atoms with Crippen LogP contribution in [-0.4, -0.2) is 26.6 Å². The maximum atomic E-state index is 13.5. The third-order valence-electron chi connectivity index (χ3n) is 3.78. The third kappa shape index (κ3) is 3.36. The Labute approximate surface area is 157 Å². The Balaban J connectivity index is 1.54. The number of aromatic nitrogens is 3. The molecule has 0 aliphatic heterocycles. The molecule has 26 heavy (non-hydrogen) atoms. The van der Waals surface area contributed by atoms with E-state index in [1.54, 1.807) is 30.3 Å². The summed E-state index contributed by atoms with van der Waals surface area (Å²) >= 11 is 7.12. The maximum Gasteiger partial charge on any atom is 0.234 e. The molecule has 0 aliphatic carbocycles. The average Bonchev–Trinajstić information content (AvgIpc) is 3.00. The van der Waals surface area contributed by atoms with Gasteiger partial charge in [-0.1, -0.05) is 23.4 Å². The van der Waals surface area contributed by atoms with Crippen molar-refractivity contribution >= 4 is 56.9 Å². The van der Waals surface area contributed by atoms with Gasteiger partial charge in [-0.05, 0) is 42.5 Å². The molecule has 2 aromatic carbocycles. The number of hydrogen-bond donors (Lipinski definition) is 2. The van der Waals surface area contributed by atoms with Gasteiger partial charge >= 0.3 is 0 Å². The third-order valence-corrected chi connectivity index (χ3v) is 5.02. The Kier molecular flexibility index (Phi) is 4.48. The van der Waals surface area contributed by atoms with Gasteiger partial charge in [0.2, 0.25) is 5.91 Å². The molecular weight excluding hydrogens is 375 g/mol. The summed E-state index contributed by atoms with van der Waals surface area (Å²) in [6, 6.07) is 11.4. The van der Waals surface area contributed by atoms with Crippen LogP contribution >= 0.6 is 23.4 Å². The Bertz CT molecular complexity index is 1110. The maximum absolute atomic E-state index is 13.5. The molecule has 0 bridgehead atoms. The fraction of sp³-hybridized carbons (Fsp3) is 0.0556. The van der Waals surface area contributed by atoms with Gasteiger partial charge in [0.05, 0.1) is 11.3 Å². The first-order valence-corrected chi connectivity index (χ1v) is 9.07. The molecule has 0 atom stereocenters. The van der Waals surface area contributed by atoms with E-state index in [1.807, 2.05) is 0 Å². The molecule has 0 aliphatic rings. The lowest BCUT2D eigenvalue weighted by atomic mass is 10.2. The van der Waals surface area contributed by atoms with Gasteiger partial charge in [0, 0.05) is 21.6 Å². The first kappa shape index (κ1) is 16.8. The lowest BCUT2D eigenvalue weighted by Crippen LogP contribution is -2.14. The van der Waals surface area contributed by atoms with Crippen molar-refractivity contribution in [3.05, 3.63) is 59.6 Å². The molecule has 0 unspecified atom stereocenters. The van der Waals surface area contributed by atoms with Gasteiger partial charge in [0.25, 0.3) is 0 Å². The highest BCUT2D eigenvalue weighted by atomic mass is 35.5. The number of halogens is 2. The van der Waals surface area contributed by atoms with Crippen LogP contribution in [0, 0.1) is 5.82 Å². The smallest absolute Gasteiger partial charge is 0.234 e. The Morgan fingerprint density at radius 2 is 2.00 bits per heavy atom. The highest BCUT2D eigenvalue weighted by molar-refractivity contribution is 8.00. The lowest BCUT2D eigenvalue weighted by Gasteiger charge is -2.05. The molecule has 130 valence electrons. The summed E-state index contributed by atoms with van der Waals surface area (Å²) in [4.78, 5) is 23.8. The van der Waals surface area contributed by atoms with Crippen molar-refractivity contribution in [3.8, 4) is 0 Å². The molecule has 1 amide bonds. The Hall–Kier alpha value is -2.64. The number of carbonyl (C=O) groups is 1. The molecule has 0 saturated carbocycles. The first-order valence-electron chi connectivity index (χ1n) is 7.70. The van der Waals surface area contributed by atoms with Crippen LogP contribution in [0.2, 0.25) is 5.02 Å². The van der Waals surface area contributed by atoms with E-state index in [1.165, 1.54) is 30.2 Å². The molecule has 8 heteroatoms. The van der Waals surface area contributed by atoms with Crippen molar-refractivity contribution in [3.63, 3.8) is 0 Å². The van der Waals surface area contributed by atoms with Crippen molar-refractivity contribution < 1.29 is 9.18 Å². The lowest BCUT2D eigenvalue weighted by molar-refractivity contribution is -0.113. The predicted molar refractivity (Wildman–Crippen MR) is 102 cm³/mol. The predicted octanol–water partition coefficient (Wildman–Crippen LogP) is 4.63. The Morgan fingerprint density at radius 3 is 2.81 bits per heavy atom. The molecule has 0 fully saturated rings. The van der Waals surface area contributed by atoms with Crippen molar-refractivity contribution in [2.75, 3.05) is 11.1 Å². The molecule has 2 heterocycles. The summed E-state index contributed by atoms with van der Waals surface area (Å²) in [5, 5.41) is 4.73. The fourth-order valence-electron chi connectivity index (χ4n) is 2.62. The number of thioether (sulfide) groups is 1. The van der Waals surface area contributed by atoms with Crippen LogP contribution in [0.1, 0.15) is 0 Å². The molecule has 2 aromatic heterocycles. The molecule has 0 saturated heterocycles. The molecule has 4 rings (SSSR count). The Morgan fingerprint density at radius 1 is 1.19 bits per heavy atom. The topological polar surface area (TPSA) is 70.7 Å². The van der Waals surface area contributed by atoms with E-state index in [0.29, 0.717) is 32.2 Å². The second kappa shape index (κ2) is 6.93. The number of anilines is 1. The number of benzene rings is 2. The number of nitrogens with zero attached hydrogens (tertiary/aromatic N) is 2. The minimum Gasteiger partial charge on any atom is -0.351 e. The quantitative estimate of drug-likeness (QED) is 0.396. The SMILES string of the molecule is O=C(CSc1ncnc2c1[nH]c1ccc(F)cc12)Nc1ccc(Cl)cc1. The molecule has 5 nitrogen and oxygen atoms in total. The van der Waals surface area contributed by atoms with Gasteiger partial charge in [-0.2, -0.15) is 0 Å². The summed E-state index contributed by atoms with van der Waals surface area (Å²) in [6.45, 7) is 0. The molecule has 0 spiro atoms.